The standard InChI is InChI=1S/C7H15NO5S/c1-13-4-2-3-7(5-8-6-9)14(10,11)12/h6-7H,2-5H2,1H3,(H,8,9)(H,10,11,12). The number of methoxy groups -OCH3 is 1. The summed E-state index contributed by atoms with van der Waals surface area (Å²) >= 11 is 0. The molecular formula is C7H15NO5S. The van der Waals surface area contributed by atoms with Crippen LogP contribution in [0.4, 0.5) is 0 Å². The molecule has 7 heteroatoms. The highest BCUT2D eigenvalue weighted by molar-refractivity contribution is 7.86. The lowest BCUT2D eigenvalue weighted by Crippen LogP contribution is -2.32. The first-order valence-corrected chi connectivity index (χ1v) is 5.65. The first kappa shape index (κ1) is 13.3. The second-order valence-corrected chi connectivity index (χ2v) is 4.49. The average Bonchev–Trinajstić information content (AvgIpc) is 2.09. The number of hydrogen-bond donors (Lipinski definition) is 2. The molecule has 0 saturated carbocycles. The predicted molar refractivity (Wildman–Crippen MR) is 50.5 cm³/mol. The van der Waals surface area contributed by atoms with Gasteiger partial charge in [-0.2, -0.15) is 8.42 Å². The zero-order valence-electron chi connectivity index (χ0n) is 7.97. The molecule has 14 heavy (non-hydrogen) atoms. The van der Waals surface area contributed by atoms with Gasteiger partial charge in [0.25, 0.3) is 10.1 Å². The van der Waals surface area contributed by atoms with Crippen molar-refractivity contribution in [1.82, 2.24) is 5.32 Å². The summed E-state index contributed by atoms with van der Waals surface area (Å²) < 4.78 is 35.1. The summed E-state index contributed by atoms with van der Waals surface area (Å²) in [7, 11) is -2.59. The fourth-order valence-electron chi connectivity index (χ4n) is 0.991. The molecule has 2 N–H and O–H groups in total. The molecular weight excluding hydrogens is 210 g/mol. The van der Waals surface area contributed by atoms with Crippen molar-refractivity contribution < 1.29 is 22.5 Å². The Hall–Kier alpha value is -0.660. The van der Waals surface area contributed by atoms with E-state index >= 15 is 0 Å². The van der Waals surface area contributed by atoms with Crippen molar-refractivity contribution in [2.75, 3.05) is 20.3 Å². The molecule has 0 aliphatic heterocycles. The van der Waals surface area contributed by atoms with Crippen molar-refractivity contribution in [3.8, 4) is 0 Å². The van der Waals surface area contributed by atoms with Crippen LogP contribution in [0.1, 0.15) is 12.8 Å². The predicted octanol–water partition coefficient (Wildman–Crippen LogP) is -0.585. The van der Waals surface area contributed by atoms with Crippen molar-refractivity contribution >= 4 is 16.5 Å². The maximum Gasteiger partial charge on any atom is 0.269 e. The molecule has 0 radical (unpaired) electrons. The Kier molecular flexibility index (Phi) is 6.43. The molecule has 0 bridgehead atoms. The van der Waals surface area contributed by atoms with Gasteiger partial charge in [-0.15, -0.1) is 0 Å². The van der Waals surface area contributed by atoms with Gasteiger partial charge >= 0.3 is 0 Å². The van der Waals surface area contributed by atoms with Gasteiger partial charge in [-0.3, -0.25) is 9.35 Å². The van der Waals surface area contributed by atoms with E-state index in [1.807, 2.05) is 0 Å². The number of rotatable bonds is 8. The minimum Gasteiger partial charge on any atom is -0.385 e. The number of nitrogens with one attached hydrogen (secondary N) is 1. The molecule has 1 unspecified atom stereocenters. The van der Waals surface area contributed by atoms with Crippen molar-refractivity contribution in [2.24, 2.45) is 0 Å². The maximum absolute atomic E-state index is 10.8. The van der Waals surface area contributed by atoms with Crippen molar-refractivity contribution in [2.45, 2.75) is 18.1 Å². The summed E-state index contributed by atoms with van der Waals surface area (Å²) in [6, 6.07) is 0. The second-order valence-electron chi connectivity index (χ2n) is 2.80. The van der Waals surface area contributed by atoms with E-state index in [1.54, 1.807) is 0 Å². The molecule has 0 aromatic rings. The van der Waals surface area contributed by atoms with Gasteiger partial charge < -0.3 is 10.1 Å². The van der Waals surface area contributed by atoms with Gasteiger partial charge in [-0.05, 0) is 12.8 Å². The Bertz CT molecular complexity index is 251. The Balaban J connectivity index is 4.05. The lowest BCUT2D eigenvalue weighted by molar-refractivity contribution is -0.109. The van der Waals surface area contributed by atoms with E-state index in [2.05, 4.69) is 5.32 Å². The Labute approximate surface area is 83.4 Å². The third-order valence-corrected chi connectivity index (χ3v) is 2.97. The zero-order chi connectivity index (χ0) is 11.0. The van der Waals surface area contributed by atoms with E-state index in [0.717, 1.165) is 0 Å². The van der Waals surface area contributed by atoms with Crippen LogP contribution in [0.5, 0.6) is 0 Å². The zero-order valence-corrected chi connectivity index (χ0v) is 8.79. The molecule has 0 heterocycles. The monoisotopic (exact) mass is 225 g/mol. The first-order valence-electron chi connectivity index (χ1n) is 4.14. The van der Waals surface area contributed by atoms with Crippen LogP contribution in [-0.4, -0.2) is 44.9 Å². The summed E-state index contributed by atoms with van der Waals surface area (Å²) in [5.41, 5.74) is 0. The SMILES string of the molecule is COCCCC(CNC=O)S(=O)(=O)O. The van der Waals surface area contributed by atoms with Gasteiger partial charge in [0.2, 0.25) is 6.41 Å². The van der Waals surface area contributed by atoms with Crippen LogP contribution in [0.15, 0.2) is 0 Å². The van der Waals surface area contributed by atoms with E-state index in [0.29, 0.717) is 19.4 Å². The molecule has 6 nitrogen and oxygen atoms in total. The number of amides is 1. The summed E-state index contributed by atoms with van der Waals surface area (Å²) in [5.74, 6) is 0. The molecule has 0 saturated heterocycles. The molecule has 0 rings (SSSR count). The fraction of sp³-hybridized carbons (Fsp3) is 0.857. The maximum atomic E-state index is 10.8. The average molecular weight is 225 g/mol. The number of ether oxygens (including phenoxy) is 1. The molecule has 0 aliphatic rings. The third-order valence-electron chi connectivity index (χ3n) is 1.72. The smallest absolute Gasteiger partial charge is 0.269 e. The van der Waals surface area contributed by atoms with E-state index in [9.17, 15) is 13.2 Å². The summed E-state index contributed by atoms with van der Waals surface area (Å²) in [6.45, 7) is 0.346. The van der Waals surface area contributed by atoms with Crippen LogP contribution in [0.25, 0.3) is 0 Å². The van der Waals surface area contributed by atoms with Crippen LogP contribution in [-0.2, 0) is 19.6 Å². The summed E-state index contributed by atoms with van der Waals surface area (Å²) in [4.78, 5) is 9.95. The number of carbonyl (C=O) groups excluding carboxylic acids is 1. The summed E-state index contributed by atoms with van der Waals surface area (Å²) in [5, 5.41) is 1.27. The minimum absolute atomic E-state index is 0.0773. The third kappa shape index (κ3) is 5.90. The van der Waals surface area contributed by atoms with Gasteiger partial charge in [-0.25, -0.2) is 0 Å². The van der Waals surface area contributed by atoms with Crippen LogP contribution in [0, 0.1) is 0 Å². The fourth-order valence-corrected chi connectivity index (χ4v) is 1.76. The lowest BCUT2D eigenvalue weighted by atomic mass is 10.2. The normalized spacial score (nSPS) is 13.6. The van der Waals surface area contributed by atoms with E-state index < -0.39 is 15.4 Å². The lowest BCUT2D eigenvalue weighted by Gasteiger charge is -2.12. The van der Waals surface area contributed by atoms with Crippen LogP contribution in [0.3, 0.4) is 0 Å². The van der Waals surface area contributed by atoms with Gasteiger partial charge in [0.15, 0.2) is 0 Å². The molecule has 0 spiro atoms. The highest BCUT2D eigenvalue weighted by Crippen LogP contribution is 2.06. The quantitative estimate of drug-likeness (QED) is 0.327. The number of carbonyl (C=O) groups is 1. The van der Waals surface area contributed by atoms with E-state index in [4.69, 9.17) is 9.29 Å². The van der Waals surface area contributed by atoms with Gasteiger partial charge in [-0.1, -0.05) is 0 Å². The minimum atomic E-state index is -4.09. The van der Waals surface area contributed by atoms with E-state index in [1.165, 1.54) is 7.11 Å². The highest BCUT2D eigenvalue weighted by Gasteiger charge is 2.21. The first-order chi connectivity index (χ1) is 6.52. The van der Waals surface area contributed by atoms with Crippen molar-refractivity contribution in [3.63, 3.8) is 0 Å². The molecule has 0 fully saturated rings. The summed E-state index contributed by atoms with van der Waals surface area (Å²) in [6.07, 6.45) is 1.17. The molecule has 1 amide bonds. The molecule has 0 aliphatic carbocycles. The number of hydrogen-bond acceptors (Lipinski definition) is 4. The Morgan fingerprint density at radius 3 is 2.64 bits per heavy atom. The molecule has 84 valence electrons. The van der Waals surface area contributed by atoms with Gasteiger partial charge in [0.05, 0.1) is 0 Å². The molecule has 0 aromatic heterocycles. The Morgan fingerprint density at radius 2 is 2.21 bits per heavy atom. The van der Waals surface area contributed by atoms with E-state index in [-0.39, 0.29) is 13.0 Å². The second kappa shape index (κ2) is 6.74. The van der Waals surface area contributed by atoms with Crippen LogP contribution < -0.4 is 5.32 Å². The molecule has 1 atom stereocenters. The topological polar surface area (TPSA) is 92.7 Å². The van der Waals surface area contributed by atoms with Gasteiger partial charge in [0.1, 0.15) is 5.25 Å². The highest BCUT2D eigenvalue weighted by atomic mass is 32.2. The molecule has 0 aromatic carbocycles. The van der Waals surface area contributed by atoms with Crippen LogP contribution >= 0.6 is 0 Å². The van der Waals surface area contributed by atoms with Crippen LogP contribution in [0.2, 0.25) is 0 Å². The van der Waals surface area contributed by atoms with Crippen molar-refractivity contribution in [1.29, 1.82) is 0 Å². The van der Waals surface area contributed by atoms with Gasteiger partial charge in [0, 0.05) is 20.3 Å². The Morgan fingerprint density at radius 1 is 1.57 bits per heavy atom. The largest absolute Gasteiger partial charge is 0.385 e. The van der Waals surface area contributed by atoms with Crippen molar-refractivity contribution in [3.05, 3.63) is 0 Å².